The number of carbonyl (C=O) groups is 1. The Hall–Kier alpha value is -2.87. The molecule has 4 saturated carbocycles. The van der Waals surface area contributed by atoms with Gasteiger partial charge in [0.05, 0.1) is 44.3 Å². The van der Waals surface area contributed by atoms with Gasteiger partial charge in [-0.05, 0) is 87.3 Å². The van der Waals surface area contributed by atoms with E-state index in [0.29, 0.717) is 40.8 Å². The Balaban J connectivity index is 1.22. The molecule has 1 aromatic heterocycles. The van der Waals surface area contributed by atoms with E-state index < -0.39 is 39.3 Å². The topological polar surface area (TPSA) is 120 Å². The summed E-state index contributed by atoms with van der Waals surface area (Å²) in [7, 11) is -2.15. The third kappa shape index (κ3) is 5.72. The number of carbonyl (C=O) groups excluding carboxylic acids is 1. The normalized spacial score (nSPS) is 28.8. The van der Waals surface area contributed by atoms with Crippen LogP contribution in [0.1, 0.15) is 49.8 Å². The van der Waals surface area contributed by atoms with Gasteiger partial charge in [0, 0.05) is 28.3 Å². The van der Waals surface area contributed by atoms with Gasteiger partial charge in [-0.3, -0.25) is 9.19 Å². The zero-order valence-electron chi connectivity index (χ0n) is 23.4. The second-order valence-corrected chi connectivity index (χ2v) is 14.5. The van der Waals surface area contributed by atoms with Crippen LogP contribution in [0.15, 0.2) is 51.1 Å². The van der Waals surface area contributed by atoms with Crippen LogP contribution in [0.4, 0.5) is 13.2 Å². The van der Waals surface area contributed by atoms with Crippen LogP contribution < -0.4 is 15.5 Å². The van der Waals surface area contributed by atoms with E-state index in [4.69, 9.17) is 9.47 Å². The summed E-state index contributed by atoms with van der Waals surface area (Å²) in [4.78, 5) is 36.3. The van der Waals surface area contributed by atoms with Crippen molar-refractivity contribution in [2.75, 3.05) is 13.2 Å². The van der Waals surface area contributed by atoms with Gasteiger partial charge in [-0.1, -0.05) is 12.1 Å². The standard InChI is InChI=1S/C29H31F3N4O5S2/c1-17-24(33-8-6-25(17)41-16-28(30,31)32)15-43(39)29(34-22-4-2-3-5-23(22)35-29)26(37)40-9-7-27(42-36-38)20-11-18-10-19(13-20)14-21(27)12-18/h2-6,8,18-21H,7,9-16H2,1H3. The monoisotopic (exact) mass is 636 g/mol. The number of rotatable bonds is 11. The predicted octanol–water partition coefficient (Wildman–Crippen LogP) is 4.73. The summed E-state index contributed by atoms with van der Waals surface area (Å²) in [6, 6.07) is 8.03. The number of ether oxygens (including phenoxy) is 2. The predicted molar refractivity (Wildman–Crippen MR) is 153 cm³/mol. The van der Waals surface area contributed by atoms with Crippen molar-refractivity contribution in [1.82, 2.24) is 4.98 Å². The van der Waals surface area contributed by atoms with Gasteiger partial charge in [0.25, 0.3) is 0 Å². The molecule has 1 aliphatic heterocycles. The maximum absolute atomic E-state index is 14.0. The van der Waals surface area contributed by atoms with Gasteiger partial charge >= 0.3 is 17.1 Å². The van der Waals surface area contributed by atoms with Gasteiger partial charge in [-0.2, -0.15) is 13.2 Å². The van der Waals surface area contributed by atoms with Gasteiger partial charge in [0.2, 0.25) is 0 Å². The van der Waals surface area contributed by atoms with Gasteiger partial charge in [0.1, 0.15) is 5.75 Å². The van der Waals surface area contributed by atoms with E-state index in [2.05, 4.69) is 19.6 Å². The highest BCUT2D eigenvalue weighted by Crippen LogP contribution is 2.64. The van der Waals surface area contributed by atoms with Crippen LogP contribution in [0.25, 0.3) is 0 Å². The van der Waals surface area contributed by atoms with Gasteiger partial charge in [-0.25, -0.2) is 14.8 Å². The first-order valence-electron chi connectivity index (χ1n) is 14.3. The lowest BCUT2D eigenvalue weighted by Gasteiger charge is -2.59. The van der Waals surface area contributed by atoms with E-state index in [9.17, 15) is 27.1 Å². The molecule has 9 nitrogen and oxygen atoms in total. The molecule has 7 rings (SSSR count). The highest BCUT2D eigenvalue weighted by Gasteiger charge is 2.58. The maximum atomic E-state index is 14.0. The molecular formula is C29H31F3N4O5S2. The summed E-state index contributed by atoms with van der Waals surface area (Å²) in [6.07, 6.45) is 2.63. The Morgan fingerprint density at radius 2 is 1.70 bits per heavy atom. The van der Waals surface area contributed by atoms with Crippen LogP contribution >= 0.6 is 11.9 Å². The van der Waals surface area contributed by atoms with E-state index >= 15 is 0 Å². The van der Waals surface area contributed by atoms with Crippen LogP contribution in [0, 0.1) is 35.5 Å². The fourth-order valence-corrected chi connectivity index (χ4v) is 9.97. The molecule has 4 fully saturated rings. The Labute approximate surface area is 252 Å². The summed E-state index contributed by atoms with van der Waals surface area (Å²) in [5.74, 6) is 0.750. The number of nitroso groups, excluding NO2 is 1. The van der Waals surface area contributed by atoms with Crippen molar-refractivity contribution in [3.8, 4) is 5.75 Å². The molecule has 5 aliphatic rings. The fourth-order valence-electron chi connectivity index (χ4n) is 7.59. The third-order valence-electron chi connectivity index (χ3n) is 9.38. The molecular weight excluding hydrogens is 605 g/mol. The molecule has 2 heterocycles. The molecule has 1 unspecified atom stereocenters. The first-order chi connectivity index (χ1) is 20.5. The van der Waals surface area contributed by atoms with Crippen molar-refractivity contribution in [3.63, 3.8) is 0 Å². The van der Waals surface area contributed by atoms with Crippen LogP contribution in [0.5, 0.6) is 5.75 Å². The third-order valence-corrected chi connectivity index (χ3v) is 12.2. The van der Waals surface area contributed by atoms with Crippen molar-refractivity contribution >= 4 is 28.7 Å². The SMILES string of the molecule is Cc1c(OCC(F)(F)F)ccnc1CS(=O)C1(C(=O)OCCC2(SN=O)C3CC4CC(C3)CC2C4)N=c2ccccc2=N1. The number of benzene rings is 1. The van der Waals surface area contributed by atoms with E-state index in [0.717, 1.165) is 37.6 Å². The largest absolute Gasteiger partial charge is 0.484 e. The zero-order valence-corrected chi connectivity index (χ0v) is 25.1. The van der Waals surface area contributed by atoms with E-state index in [1.54, 1.807) is 24.3 Å². The number of alkyl halides is 3. The van der Waals surface area contributed by atoms with Crippen LogP contribution in [0.3, 0.4) is 0 Å². The lowest BCUT2D eigenvalue weighted by Crippen LogP contribution is -2.56. The highest BCUT2D eigenvalue weighted by atomic mass is 32.2. The van der Waals surface area contributed by atoms with E-state index in [1.165, 1.54) is 25.6 Å². The fraction of sp³-hybridized carbons (Fsp3) is 0.586. The summed E-state index contributed by atoms with van der Waals surface area (Å²) in [6.45, 7) is 0.0121. The summed E-state index contributed by atoms with van der Waals surface area (Å²) in [5.41, 5.74) is 0.453. The summed E-state index contributed by atoms with van der Waals surface area (Å²) < 4.78 is 65.7. The van der Waals surface area contributed by atoms with Crippen LogP contribution in [0.2, 0.25) is 0 Å². The molecule has 4 bridgehead atoms. The van der Waals surface area contributed by atoms with E-state index in [-0.39, 0.29) is 29.4 Å². The average Bonchev–Trinajstić information content (AvgIpc) is 3.36. The van der Waals surface area contributed by atoms with Crippen molar-refractivity contribution in [3.05, 3.63) is 63.4 Å². The number of halogens is 3. The molecule has 1 atom stereocenters. The van der Waals surface area contributed by atoms with Gasteiger partial charge in [0.15, 0.2) is 6.61 Å². The first-order valence-corrected chi connectivity index (χ1v) is 16.4. The highest BCUT2D eigenvalue weighted by molar-refractivity contribution is 7.99. The molecule has 0 saturated heterocycles. The Morgan fingerprint density at radius 3 is 2.28 bits per heavy atom. The number of esters is 1. The smallest absolute Gasteiger partial charge is 0.422 e. The molecule has 1 aromatic carbocycles. The Bertz CT molecular complexity index is 1510. The summed E-state index contributed by atoms with van der Waals surface area (Å²) >= 11 is 1.08. The number of hydrogen-bond acceptors (Lipinski definition) is 10. The van der Waals surface area contributed by atoms with Gasteiger partial charge in [-0.15, -0.1) is 4.91 Å². The maximum Gasteiger partial charge on any atom is 0.422 e. The van der Waals surface area contributed by atoms with Gasteiger partial charge < -0.3 is 9.47 Å². The first kappa shape index (κ1) is 30.2. The van der Waals surface area contributed by atoms with Crippen LogP contribution in [-0.2, 0) is 26.1 Å². The number of para-hydroxylation sites is 2. The van der Waals surface area contributed by atoms with Crippen molar-refractivity contribution in [2.45, 2.75) is 67.1 Å². The Morgan fingerprint density at radius 1 is 1.07 bits per heavy atom. The molecule has 43 heavy (non-hydrogen) atoms. The number of nitrogens with zero attached hydrogens (tertiary/aromatic N) is 4. The van der Waals surface area contributed by atoms with Crippen molar-refractivity contribution in [1.29, 1.82) is 0 Å². The average molecular weight is 637 g/mol. The minimum Gasteiger partial charge on any atom is -0.484 e. The minimum atomic E-state index is -4.53. The lowest BCUT2D eigenvalue weighted by molar-refractivity contribution is -0.153. The molecule has 230 valence electrons. The molecule has 0 spiro atoms. The molecule has 4 aliphatic carbocycles. The molecule has 14 heteroatoms. The second kappa shape index (κ2) is 11.6. The number of aromatic nitrogens is 1. The molecule has 0 amide bonds. The number of hydrogen-bond donors (Lipinski definition) is 0. The quantitative estimate of drug-likeness (QED) is 0.199. The van der Waals surface area contributed by atoms with E-state index in [1.807, 2.05) is 0 Å². The molecule has 0 radical (unpaired) electrons. The van der Waals surface area contributed by atoms with Crippen molar-refractivity contribution < 1.29 is 31.6 Å². The Kier molecular flexibility index (Phi) is 8.12. The second-order valence-electron chi connectivity index (χ2n) is 11.9. The van der Waals surface area contributed by atoms with Crippen LogP contribution in [-0.4, -0.2) is 44.3 Å². The molecule has 0 N–H and O–H groups in total. The van der Waals surface area contributed by atoms with Crippen molar-refractivity contribution in [2.24, 2.45) is 38.2 Å². The summed E-state index contributed by atoms with van der Waals surface area (Å²) in [5, 5.41) is 0.746. The molecule has 2 aromatic rings. The minimum absolute atomic E-state index is 0.0118. The zero-order chi connectivity index (χ0) is 30.4. The number of fused-ring (bicyclic) bond motifs is 1. The lowest BCUT2D eigenvalue weighted by atomic mass is 9.51. The number of pyridine rings is 1.